The summed E-state index contributed by atoms with van der Waals surface area (Å²) in [5, 5.41) is 0. The summed E-state index contributed by atoms with van der Waals surface area (Å²) < 4.78 is 6.55. The van der Waals surface area contributed by atoms with Crippen molar-refractivity contribution in [1.29, 1.82) is 0 Å². The van der Waals surface area contributed by atoms with Gasteiger partial charge in [-0.15, -0.1) is 0 Å². The van der Waals surface area contributed by atoms with E-state index in [4.69, 9.17) is 4.74 Å². The zero-order valence-electron chi connectivity index (χ0n) is 23.2. The second-order valence-electron chi connectivity index (χ2n) is 10.9. The van der Waals surface area contributed by atoms with Gasteiger partial charge in [0, 0.05) is 5.41 Å². The Hall–Kier alpha value is -1.76. The van der Waals surface area contributed by atoms with E-state index in [0.717, 1.165) is 43.5 Å². The van der Waals surface area contributed by atoms with Gasteiger partial charge in [-0.1, -0.05) is 79.5 Å². The molecule has 1 heteroatoms. The molecule has 1 aliphatic rings. The Morgan fingerprint density at radius 2 is 1.35 bits per heavy atom. The van der Waals surface area contributed by atoms with Crippen LogP contribution in [0.2, 0.25) is 0 Å². The number of benzene rings is 2. The first-order valence-corrected chi connectivity index (χ1v) is 14.4. The maximum Gasteiger partial charge on any atom is 0.122 e. The summed E-state index contributed by atoms with van der Waals surface area (Å²) in [5.41, 5.74) is 8.99. The normalized spacial score (nSPS) is 18.8. The van der Waals surface area contributed by atoms with E-state index in [9.17, 15) is 0 Å². The maximum atomic E-state index is 6.55. The Bertz CT molecular complexity index is 904. The van der Waals surface area contributed by atoms with Gasteiger partial charge in [0.15, 0.2) is 0 Å². The highest BCUT2D eigenvalue weighted by Crippen LogP contribution is 2.40. The van der Waals surface area contributed by atoms with E-state index in [-0.39, 0.29) is 0 Å². The fourth-order valence-electron chi connectivity index (χ4n) is 5.97. The highest BCUT2D eigenvalue weighted by Gasteiger charge is 2.26. The Labute approximate surface area is 210 Å². The van der Waals surface area contributed by atoms with E-state index < -0.39 is 0 Å². The summed E-state index contributed by atoms with van der Waals surface area (Å²) >= 11 is 0. The molecular formula is C33H50O. The molecule has 188 valence electrons. The van der Waals surface area contributed by atoms with Gasteiger partial charge in [-0.2, -0.15) is 0 Å². The fourth-order valence-corrected chi connectivity index (χ4v) is 5.97. The molecule has 0 aromatic heterocycles. The van der Waals surface area contributed by atoms with Crippen LogP contribution in [0.4, 0.5) is 0 Å². The third kappa shape index (κ3) is 5.89. The van der Waals surface area contributed by atoms with Crippen LogP contribution in [0.5, 0.6) is 5.75 Å². The van der Waals surface area contributed by atoms with E-state index in [2.05, 4.69) is 78.8 Å². The van der Waals surface area contributed by atoms with Crippen LogP contribution < -0.4 is 4.74 Å². The summed E-state index contributed by atoms with van der Waals surface area (Å²) in [4.78, 5) is 0. The third-order valence-electron chi connectivity index (χ3n) is 9.12. The highest BCUT2D eigenvalue weighted by atomic mass is 16.5. The number of aryl methyl sites for hydroxylation is 3. The number of hydrogen-bond donors (Lipinski definition) is 0. The van der Waals surface area contributed by atoms with Crippen LogP contribution in [-0.2, 0) is 19.3 Å². The minimum atomic E-state index is 0.291. The molecule has 3 rings (SSSR count). The van der Waals surface area contributed by atoms with E-state index in [1.54, 1.807) is 11.1 Å². The van der Waals surface area contributed by atoms with Crippen molar-refractivity contribution in [1.82, 2.24) is 0 Å². The number of rotatable bonds is 11. The molecule has 1 fully saturated rings. The number of ether oxygens (including phenoxy) is 1. The fraction of sp³-hybridized carbons (Fsp3) is 0.636. The molecule has 0 bridgehead atoms. The summed E-state index contributed by atoms with van der Waals surface area (Å²) in [6.45, 7) is 17.0. The molecule has 1 saturated carbocycles. The van der Waals surface area contributed by atoms with Crippen molar-refractivity contribution in [3.05, 3.63) is 52.6 Å². The van der Waals surface area contributed by atoms with Crippen molar-refractivity contribution >= 4 is 0 Å². The largest absolute Gasteiger partial charge is 0.493 e. The average Bonchev–Trinajstić information content (AvgIpc) is 2.89. The van der Waals surface area contributed by atoms with Gasteiger partial charge in [-0.25, -0.2) is 0 Å². The van der Waals surface area contributed by atoms with E-state index >= 15 is 0 Å². The molecule has 0 spiro atoms. The first kappa shape index (κ1) is 26.8. The predicted molar refractivity (Wildman–Crippen MR) is 149 cm³/mol. The lowest BCUT2D eigenvalue weighted by Crippen LogP contribution is -2.26. The second kappa shape index (κ2) is 12.3. The second-order valence-corrected chi connectivity index (χ2v) is 10.9. The molecule has 0 unspecified atom stereocenters. The smallest absolute Gasteiger partial charge is 0.122 e. The maximum absolute atomic E-state index is 6.55. The van der Waals surface area contributed by atoms with Gasteiger partial charge in [0.05, 0.1) is 6.61 Å². The summed E-state index contributed by atoms with van der Waals surface area (Å²) in [5.74, 6) is 2.76. The van der Waals surface area contributed by atoms with Crippen LogP contribution in [-0.4, -0.2) is 6.61 Å². The molecule has 0 heterocycles. The van der Waals surface area contributed by atoms with Gasteiger partial charge in [0.1, 0.15) is 5.75 Å². The Balaban J connectivity index is 1.93. The lowest BCUT2D eigenvalue weighted by atomic mass is 9.77. The number of hydrogen-bond acceptors (Lipinski definition) is 1. The van der Waals surface area contributed by atoms with Crippen molar-refractivity contribution in [2.75, 3.05) is 6.61 Å². The monoisotopic (exact) mass is 462 g/mol. The molecule has 34 heavy (non-hydrogen) atoms. The van der Waals surface area contributed by atoms with Gasteiger partial charge in [0.25, 0.3) is 0 Å². The van der Waals surface area contributed by atoms with Gasteiger partial charge >= 0.3 is 0 Å². The van der Waals surface area contributed by atoms with Gasteiger partial charge < -0.3 is 4.74 Å². The molecule has 0 radical (unpaired) electrons. The van der Waals surface area contributed by atoms with Crippen molar-refractivity contribution in [2.24, 2.45) is 11.3 Å². The van der Waals surface area contributed by atoms with Crippen LogP contribution >= 0.6 is 0 Å². The van der Waals surface area contributed by atoms with E-state index in [0.29, 0.717) is 5.41 Å². The van der Waals surface area contributed by atoms with Gasteiger partial charge in [-0.3, -0.25) is 0 Å². The van der Waals surface area contributed by atoms with Crippen molar-refractivity contribution in [2.45, 2.75) is 119 Å². The molecule has 1 nitrogen and oxygen atoms in total. The van der Waals surface area contributed by atoms with Crippen LogP contribution in [0, 0.1) is 11.3 Å². The first-order valence-electron chi connectivity index (χ1n) is 14.4. The predicted octanol–water partition coefficient (Wildman–Crippen LogP) is 9.93. The summed E-state index contributed by atoms with van der Waals surface area (Å²) in [6.07, 6.45) is 12.1. The lowest BCUT2D eigenvalue weighted by molar-refractivity contribution is 0.127. The molecule has 2 aromatic rings. The van der Waals surface area contributed by atoms with Crippen LogP contribution in [0.1, 0.15) is 122 Å². The molecule has 0 atom stereocenters. The van der Waals surface area contributed by atoms with Crippen molar-refractivity contribution < 1.29 is 4.74 Å². The van der Waals surface area contributed by atoms with E-state index in [1.807, 2.05) is 0 Å². The topological polar surface area (TPSA) is 9.23 Å². The molecule has 0 N–H and O–H groups in total. The Morgan fingerprint density at radius 1 is 0.735 bits per heavy atom. The van der Waals surface area contributed by atoms with Crippen LogP contribution in [0.15, 0.2) is 30.3 Å². The van der Waals surface area contributed by atoms with E-state index in [1.165, 1.54) is 67.2 Å². The summed E-state index contributed by atoms with van der Waals surface area (Å²) in [7, 11) is 0. The van der Waals surface area contributed by atoms with Crippen molar-refractivity contribution in [3.8, 4) is 16.9 Å². The van der Waals surface area contributed by atoms with Crippen molar-refractivity contribution in [3.63, 3.8) is 0 Å². The Kier molecular flexibility index (Phi) is 9.69. The molecule has 0 saturated heterocycles. The van der Waals surface area contributed by atoms with Gasteiger partial charge in [-0.05, 0) is 109 Å². The van der Waals surface area contributed by atoms with Crippen LogP contribution in [0.25, 0.3) is 11.1 Å². The molecular weight excluding hydrogens is 412 g/mol. The summed E-state index contributed by atoms with van der Waals surface area (Å²) in [6, 6.07) is 12.1. The van der Waals surface area contributed by atoms with Gasteiger partial charge in [0.2, 0.25) is 0 Å². The highest BCUT2D eigenvalue weighted by molar-refractivity contribution is 5.71. The lowest BCUT2D eigenvalue weighted by Gasteiger charge is -2.31. The first-order chi connectivity index (χ1) is 16.4. The Morgan fingerprint density at radius 3 is 1.91 bits per heavy atom. The zero-order valence-corrected chi connectivity index (χ0v) is 23.2. The standard InChI is InChI=1S/C33H50O/c1-8-25-20-29(18-19-30(25)28-16-14-24(7)15-17-28)31-21-27(10-3)32(22-26(31)9-2)34-23-33(11-4,12-5)13-6/h18-22,24,28H,8-17,23H2,1-7H3. The molecule has 0 aliphatic heterocycles. The molecule has 2 aromatic carbocycles. The minimum Gasteiger partial charge on any atom is -0.493 e. The third-order valence-corrected chi connectivity index (χ3v) is 9.12. The SMILES string of the molecule is CCc1cc(-c2ccc(C3CCC(C)CC3)c(CC)c2)c(CC)cc1OCC(CC)(CC)CC. The molecule has 1 aliphatic carbocycles. The minimum absolute atomic E-state index is 0.291. The molecule has 0 amide bonds. The average molecular weight is 463 g/mol. The zero-order chi connectivity index (χ0) is 24.7. The quantitative estimate of drug-likeness (QED) is 0.323. The van der Waals surface area contributed by atoms with Crippen LogP contribution in [0.3, 0.4) is 0 Å².